The van der Waals surface area contributed by atoms with Crippen LogP contribution in [-0.2, 0) is 14.3 Å². The van der Waals surface area contributed by atoms with E-state index in [2.05, 4.69) is 0 Å². The summed E-state index contributed by atoms with van der Waals surface area (Å²) >= 11 is 0. The van der Waals surface area contributed by atoms with Gasteiger partial charge in [0.2, 0.25) is 0 Å². The SMILES string of the molecule is CCOC(=O)[C@@H](O)[C@@H]1OC(=O)c2c1ccc(C)c2OC. The van der Waals surface area contributed by atoms with Crippen molar-refractivity contribution in [2.24, 2.45) is 0 Å². The summed E-state index contributed by atoms with van der Waals surface area (Å²) in [6.07, 6.45) is -2.61. The van der Waals surface area contributed by atoms with Crippen LogP contribution in [0.15, 0.2) is 12.1 Å². The summed E-state index contributed by atoms with van der Waals surface area (Å²) in [4.78, 5) is 23.5. The number of methoxy groups -OCH3 is 1. The van der Waals surface area contributed by atoms with Crippen LogP contribution in [0.5, 0.6) is 5.75 Å². The first-order valence-corrected chi connectivity index (χ1v) is 6.24. The van der Waals surface area contributed by atoms with Gasteiger partial charge in [-0.15, -0.1) is 0 Å². The first kappa shape index (κ1) is 14.3. The predicted octanol–water partition coefficient (Wildman–Crippen LogP) is 1.14. The zero-order valence-corrected chi connectivity index (χ0v) is 11.5. The fraction of sp³-hybridized carbons (Fsp3) is 0.429. The van der Waals surface area contributed by atoms with Crippen molar-refractivity contribution in [3.63, 3.8) is 0 Å². The Hall–Kier alpha value is -2.08. The molecule has 1 N–H and O–H groups in total. The van der Waals surface area contributed by atoms with Gasteiger partial charge in [-0.05, 0) is 19.4 Å². The zero-order valence-electron chi connectivity index (χ0n) is 11.5. The van der Waals surface area contributed by atoms with E-state index >= 15 is 0 Å². The average molecular weight is 280 g/mol. The van der Waals surface area contributed by atoms with Gasteiger partial charge in [-0.1, -0.05) is 12.1 Å². The number of cyclic esters (lactones) is 1. The Morgan fingerprint density at radius 2 is 2.20 bits per heavy atom. The first-order valence-electron chi connectivity index (χ1n) is 6.24. The number of aliphatic hydroxyl groups is 1. The molecule has 6 heteroatoms. The van der Waals surface area contributed by atoms with E-state index in [1.807, 2.05) is 0 Å². The van der Waals surface area contributed by atoms with E-state index in [9.17, 15) is 14.7 Å². The number of aryl methyl sites for hydroxylation is 1. The van der Waals surface area contributed by atoms with Crippen molar-refractivity contribution in [2.75, 3.05) is 13.7 Å². The van der Waals surface area contributed by atoms with Crippen LogP contribution in [0.3, 0.4) is 0 Å². The molecule has 1 aromatic rings. The Morgan fingerprint density at radius 3 is 2.80 bits per heavy atom. The largest absolute Gasteiger partial charge is 0.496 e. The van der Waals surface area contributed by atoms with Gasteiger partial charge >= 0.3 is 11.9 Å². The minimum atomic E-state index is -1.55. The van der Waals surface area contributed by atoms with E-state index in [0.717, 1.165) is 5.56 Å². The second kappa shape index (κ2) is 5.50. The molecule has 0 fully saturated rings. The number of rotatable bonds is 4. The maximum absolute atomic E-state index is 11.9. The Balaban J connectivity index is 2.41. The van der Waals surface area contributed by atoms with Gasteiger partial charge in [-0.3, -0.25) is 0 Å². The van der Waals surface area contributed by atoms with Gasteiger partial charge in [0.1, 0.15) is 11.3 Å². The number of hydrogen-bond acceptors (Lipinski definition) is 6. The van der Waals surface area contributed by atoms with Crippen molar-refractivity contribution >= 4 is 11.9 Å². The fourth-order valence-corrected chi connectivity index (χ4v) is 2.24. The van der Waals surface area contributed by atoms with E-state index in [0.29, 0.717) is 11.3 Å². The third kappa shape index (κ3) is 2.22. The molecule has 6 nitrogen and oxygen atoms in total. The number of carbonyl (C=O) groups excluding carboxylic acids is 2. The number of carbonyl (C=O) groups is 2. The van der Waals surface area contributed by atoms with Gasteiger partial charge in [-0.25, -0.2) is 9.59 Å². The normalized spacial score (nSPS) is 18.2. The highest BCUT2D eigenvalue weighted by molar-refractivity contribution is 5.98. The van der Waals surface area contributed by atoms with Crippen LogP contribution in [-0.4, -0.2) is 36.9 Å². The highest BCUT2D eigenvalue weighted by atomic mass is 16.6. The molecule has 2 atom stereocenters. The lowest BCUT2D eigenvalue weighted by Crippen LogP contribution is -2.30. The molecule has 20 heavy (non-hydrogen) atoms. The Bertz CT molecular complexity index is 551. The summed E-state index contributed by atoms with van der Waals surface area (Å²) in [7, 11) is 1.45. The average Bonchev–Trinajstić information content (AvgIpc) is 2.76. The Labute approximate surface area is 116 Å². The molecule has 0 radical (unpaired) electrons. The molecule has 0 saturated carbocycles. The summed E-state index contributed by atoms with van der Waals surface area (Å²) in [6, 6.07) is 3.38. The van der Waals surface area contributed by atoms with Crippen LogP contribution in [0.4, 0.5) is 0 Å². The predicted molar refractivity (Wildman–Crippen MR) is 68.5 cm³/mol. The minimum absolute atomic E-state index is 0.140. The van der Waals surface area contributed by atoms with Gasteiger partial charge in [0.25, 0.3) is 0 Å². The van der Waals surface area contributed by atoms with Crippen LogP contribution in [0.25, 0.3) is 0 Å². The summed E-state index contributed by atoms with van der Waals surface area (Å²) in [5.41, 5.74) is 1.45. The molecular formula is C14H16O6. The second-order valence-corrected chi connectivity index (χ2v) is 4.40. The molecule has 1 aliphatic heterocycles. The third-order valence-electron chi connectivity index (χ3n) is 3.15. The number of hydrogen-bond donors (Lipinski definition) is 1. The number of aliphatic hydroxyl groups excluding tert-OH is 1. The van der Waals surface area contributed by atoms with Gasteiger partial charge in [0, 0.05) is 5.56 Å². The lowest BCUT2D eigenvalue weighted by Gasteiger charge is -2.16. The maximum Gasteiger partial charge on any atom is 0.343 e. The van der Waals surface area contributed by atoms with Gasteiger partial charge in [0.15, 0.2) is 12.2 Å². The highest BCUT2D eigenvalue weighted by Gasteiger charge is 2.42. The fourth-order valence-electron chi connectivity index (χ4n) is 2.24. The maximum atomic E-state index is 11.9. The van der Waals surface area contributed by atoms with E-state index in [4.69, 9.17) is 14.2 Å². The van der Waals surface area contributed by atoms with Crippen LogP contribution in [0, 0.1) is 6.92 Å². The van der Waals surface area contributed by atoms with Crippen molar-refractivity contribution < 1.29 is 28.9 Å². The molecular weight excluding hydrogens is 264 g/mol. The highest BCUT2D eigenvalue weighted by Crippen LogP contribution is 2.40. The summed E-state index contributed by atoms with van der Waals surface area (Å²) < 4.78 is 15.0. The molecule has 108 valence electrons. The van der Waals surface area contributed by atoms with E-state index in [1.54, 1.807) is 26.0 Å². The topological polar surface area (TPSA) is 82.1 Å². The molecule has 0 aliphatic carbocycles. The molecule has 0 amide bonds. The molecule has 2 rings (SSSR count). The minimum Gasteiger partial charge on any atom is -0.496 e. The number of fused-ring (bicyclic) bond motifs is 1. The summed E-state index contributed by atoms with van der Waals surface area (Å²) in [5.74, 6) is -1.04. The standard InChI is InChI=1S/C14H16O6/c1-4-19-14(17)10(15)12-8-6-5-7(2)11(18-3)9(8)13(16)20-12/h5-6,10,12,15H,4H2,1-3H3/t10-,12+/m0/s1. The van der Waals surface area contributed by atoms with E-state index in [-0.39, 0.29) is 12.2 Å². The van der Waals surface area contributed by atoms with Crippen molar-refractivity contribution in [1.29, 1.82) is 0 Å². The van der Waals surface area contributed by atoms with Crippen molar-refractivity contribution in [3.05, 3.63) is 28.8 Å². The monoisotopic (exact) mass is 280 g/mol. The zero-order chi connectivity index (χ0) is 14.9. The van der Waals surface area contributed by atoms with Gasteiger partial charge in [-0.2, -0.15) is 0 Å². The van der Waals surface area contributed by atoms with E-state index in [1.165, 1.54) is 7.11 Å². The van der Waals surface area contributed by atoms with Crippen molar-refractivity contribution in [2.45, 2.75) is 26.1 Å². The molecule has 0 bridgehead atoms. The quantitative estimate of drug-likeness (QED) is 0.833. The first-order chi connectivity index (χ1) is 9.51. The van der Waals surface area contributed by atoms with Crippen LogP contribution in [0.1, 0.15) is 34.5 Å². The van der Waals surface area contributed by atoms with Crippen LogP contribution < -0.4 is 4.74 Å². The molecule has 0 saturated heterocycles. The molecule has 0 aromatic heterocycles. The van der Waals surface area contributed by atoms with Crippen LogP contribution in [0.2, 0.25) is 0 Å². The lowest BCUT2D eigenvalue weighted by molar-refractivity contribution is -0.159. The summed E-state index contributed by atoms with van der Waals surface area (Å²) in [5, 5.41) is 9.95. The molecule has 0 unspecified atom stereocenters. The number of ether oxygens (including phenoxy) is 3. The molecule has 1 aliphatic rings. The summed E-state index contributed by atoms with van der Waals surface area (Å²) in [6.45, 7) is 3.56. The smallest absolute Gasteiger partial charge is 0.343 e. The third-order valence-corrected chi connectivity index (χ3v) is 3.15. The van der Waals surface area contributed by atoms with Gasteiger partial charge in [0.05, 0.1) is 13.7 Å². The number of benzene rings is 1. The van der Waals surface area contributed by atoms with Gasteiger partial charge < -0.3 is 19.3 Å². The molecule has 1 aromatic carbocycles. The molecule has 1 heterocycles. The molecule has 0 spiro atoms. The number of esters is 2. The van der Waals surface area contributed by atoms with Crippen molar-refractivity contribution in [1.82, 2.24) is 0 Å². The van der Waals surface area contributed by atoms with Crippen molar-refractivity contribution in [3.8, 4) is 5.75 Å². The van der Waals surface area contributed by atoms with Crippen LogP contribution >= 0.6 is 0 Å². The lowest BCUT2D eigenvalue weighted by atomic mass is 9.98. The Kier molecular flexibility index (Phi) is 3.94. The van der Waals surface area contributed by atoms with E-state index < -0.39 is 24.1 Å². The Morgan fingerprint density at radius 1 is 1.50 bits per heavy atom. The second-order valence-electron chi connectivity index (χ2n) is 4.40.